The topological polar surface area (TPSA) is 79.4 Å². The van der Waals surface area contributed by atoms with Crippen LogP contribution in [0.15, 0.2) is 10.2 Å². The van der Waals surface area contributed by atoms with Crippen LogP contribution < -0.4 is 5.32 Å². The van der Waals surface area contributed by atoms with Crippen molar-refractivity contribution in [1.82, 2.24) is 25.1 Å². The number of aromatic amines is 1. The zero-order chi connectivity index (χ0) is 12.4. The highest BCUT2D eigenvalue weighted by molar-refractivity contribution is 7.99. The van der Waals surface area contributed by atoms with Gasteiger partial charge >= 0.3 is 0 Å². The smallest absolute Gasteiger partial charge is 0.214 e. The monoisotopic (exact) mass is 250 g/mol. The Morgan fingerprint density at radius 2 is 1.88 bits per heavy atom. The number of hydrogen-bond acceptors (Lipinski definition) is 6. The Balaban J connectivity index is 2.35. The summed E-state index contributed by atoms with van der Waals surface area (Å²) < 4.78 is 0. The first-order chi connectivity index (χ1) is 8.10. The van der Waals surface area contributed by atoms with Gasteiger partial charge in [-0.2, -0.15) is 0 Å². The lowest BCUT2D eigenvalue weighted by atomic mass is 10.3. The van der Waals surface area contributed by atoms with Crippen molar-refractivity contribution >= 4 is 17.6 Å². The van der Waals surface area contributed by atoms with Crippen LogP contribution in [0.2, 0.25) is 0 Å². The molecule has 0 unspecified atom stereocenters. The highest BCUT2D eigenvalue weighted by atomic mass is 32.2. The standard InChI is InChI=1S/C10H14N6S/c1-5-8(11-4)12-6(2)13-9(5)17-10-14-7(3)15-16-10/h1-4H3,(H,11,12,13)(H,14,15,16). The van der Waals surface area contributed by atoms with Crippen molar-refractivity contribution in [3.8, 4) is 0 Å². The maximum atomic E-state index is 4.40. The average molecular weight is 250 g/mol. The van der Waals surface area contributed by atoms with Gasteiger partial charge in [-0.3, -0.25) is 5.10 Å². The van der Waals surface area contributed by atoms with E-state index in [-0.39, 0.29) is 0 Å². The number of aromatic nitrogens is 5. The summed E-state index contributed by atoms with van der Waals surface area (Å²) in [6.07, 6.45) is 0. The molecule has 0 amide bonds. The van der Waals surface area contributed by atoms with Crippen molar-refractivity contribution in [3.63, 3.8) is 0 Å². The van der Waals surface area contributed by atoms with Crippen LogP contribution in [0.1, 0.15) is 17.2 Å². The summed E-state index contributed by atoms with van der Waals surface area (Å²) in [5, 5.41) is 11.5. The van der Waals surface area contributed by atoms with Crippen LogP contribution in [0.3, 0.4) is 0 Å². The van der Waals surface area contributed by atoms with E-state index in [1.54, 1.807) is 0 Å². The first kappa shape index (κ1) is 11.8. The van der Waals surface area contributed by atoms with Crippen LogP contribution in [0.25, 0.3) is 0 Å². The van der Waals surface area contributed by atoms with Crippen LogP contribution in [-0.2, 0) is 0 Å². The summed E-state index contributed by atoms with van der Waals surface area (Å²) >= 11 is 1.43. The third-order valence-electron chi connectivity index (χ3n) is 2.21. The molecule has 0 aliphatic heterocycles. The maximum absolute atomic E-state index is 4.40. The second-order valence-corrected chi connectivity index (χ2v) is 4.56. The zero-order valence-electron chi connectivity index (χ0n) is 10.2. The van der Waals surface area contributed by atoms with E-state index in [9.17, 15) is 0 Å². The largest absolute Gasteiger partial charge is 0.373 e. The lowest BCUT2D eigenvalue weighted by Crippen LogP contribution is -2.02. The van der Waals surface area contributed by atoms with Crippen molar-refractivity contribution in [2.45, 2.75) is 31.0 Å². The van der Waals surface area contributed by atoms with E-state index in [1.165, 1.54) is 11.8 Å². The molecule has 2 heterocycles. The molecule has 2 N–H and O–H groups in total. The summed E-state index contributed by atoms with van der Waals surface area (Å²) in [6.45, 7) is 5.72. The van der Waals surface area contributed by atoms with Crippen molar-refractivity contribution in [1.29, 1.82) is 0 Å². The molecule has 2 aromatic rings. The molecule has 0 aliphatic rings. The van der Waals surface area contributed by atoms with Gasteiger partial charge in [0.25, 0.3) is 0 Å². The van der Waals surface area contributed by atoms with Gasteiger partial charge in [-0.25, -0.2) is 15.0 Å². The molecule has 0 fully saturated rings. The lowest BCUT2D eigenvalue weighted by molar-refractivity contribution is 0.924. The number of aryl methyl sites for hydroxylation is 2. The first-order valence-electron chi connectivity index (χ1n) is 5.20. The molecule has 0 bridgehead atoms. The highest BCUT2D eigenvalue weighted by Crippen LogP contribution is 2.28. The van der Waals surface area contributed by atoms with E-state index in [0.717, 1.165) is 28.1 Å². The van der Waals surface area contributed by atoms with Gasteiger partial charge in [0.1, 0.15) is 22.5 Å². The lowest BCUT2D eigenvalue weighted by Gasteiger charge is -2.08. The summed E-state index contributed by atoms with van der Waals surface area (Å²) in [5.41, 5.74) is 1.01. The van der Waals surface area contributed by atoms with E-state index >= 15 is 0 Å². The molecule has 0 aliphatic carbocycles. The van der Waals surface area contributed by atoms with Crippen LogP contribution in [0.4, 0.5) is 5.82 Å². The number of anilines is 1. The Morgan fingerprint density at radius 1 is 1.12 bits per heavy atom. The van der Waals surface area contributed by atoms with Crippen LogP contribution in [0.5, 0.6) is 0 Å². The van der Waals surface area contributed by atoms with Crippen LogP contribution >= 0.6 is 11.8 Å². The van der Waals surface area contributed by atoms with E-state index in [2.05, 4.69) is 30.5 Å². The number of hydrogen-bond donors (Lipinski definition) is 2. The highest BCUT2D eigenvalue weighted by Gasteiger charge is 2.11. The molecule has 2 aromatic heterocycles. The normalized spacial score (nSPS) is 10.6. The van der Waals surface area contributed by atoms with Gasteiger partial charge in [-0.05, 0) is 32.5 Å². The van der Waals surface area contributed by atoms with E-state index in [1.807, 2.05) is 27.8 Å². The van der Waals surface area contributed by atoms with Crippen molar-refractivity contribution in [2.24, 2.45) is 0 Å². The van der Waals surface area contributed by atoms with Crippen LogP contribution in [-0.4, -0.2) is 32.2 Å². The zero-order valence-corrected chi connectivity index (χ0v) is 11.0. The Kier molecular flexibility index (Phi) is 3.28. The molecule has 0 spiro atoms. The molecule has 0 atom stereocenters. The van der Waals surface area contributed by atoms with E-state index in [0.29, 0.717) is 5.16 Å². The van der Waals surface area contributed by atoms with E-state index in [4.69, 9.17) is 0 Å². The molecule has 0 radical (unpaired) electrons. The van der Waals surface area contributed by atoms with Gasteiger partial charge in [-0.1, -0.05) is 0 Å². The van der Waals surface area contributed by atoms with Gasteiger partial charge in [-0.15, -0.1) is 5.10 Å². The summed E-state index contributed by atoms with van der Waals surface area (Å²) in [7, 11) is 1.85. The number of nitrogens with one attached hydrogen (secondary N) is 2. The third kappa shape index (κ3) is 2.55. The fourth-order valence-electron chi connectivity index (χ4n) is 1.40. The second kappa shape index (κ2) is 4.70. The fraction of sp³-hybridized carbons (Fsp3) is 0.400. The Morgan fingerprint density at radius 3 is 2.47 bits per heavy atom. The predicted octanol–water partition coefficient (Wildman–Crippen LogP) is 1.71. The van der Waals surface area contributed by atoms with Gasteiger partial charge in [0.05, 0.1) is 0 Å². The van der Waals surface area contributed by atoms with Crippen LogP contribution in [0, 0.1) is 20.8 Å². The molecular formula is C10H14N6S. The minimum Gasteiger partial charge on any atom is -0.373 e. The number of nitrogens with zero attached hydrogens (tertiary/aromatic N) is 4. The molecule has 0 saturated carbocycles. The van der Waals surface area contributed by atoms with Gasteiger partial charge in [0, 0.05) is 12.6 Å². The molecule has 17 heavy (non-hydrogen) atoms. The predicted molar refractivity (Wildman–Crippen MR) is 66.3 cm³/mol. The molecule has 0 saturated heterocycles. The minimum absolute atomic E-state index is 0.672. The molecule has 2 rings (SSSR count). The van der Waals surface area contributed by atoms with Gasteiger partial charge in [0.15, 0.2) is 0 Å². The van der Waals surface area contributed by atoms with Crippen molar-refractivity contribution in [2.75, 3.05) is 12.4 Å². The summed E-state index contributed by atoms with van der Waals surface area (Å²) in [5.74, 6) is 2.37. The Hall–Kier alpha value is -1.63. The van der Waals surface area contributed by atoms with Crippen molar-refractivity contribution < 1.29 is 0 Å². The molecule has 0 aromatic carbocycles. The van der Waals surface area contributed by atoms with E-state index < -0.39 is 0 Å². The first-order valence-corrected chi connectivity index (χ1v) is 6.01. The van der Waals surface area contributed by atoms with Gasteiger partial charge in [0.2, 0.25) is 5.16 Å². The third-order valence-corrected chi connectivity index (χ3v) is 3.17. The number of rotatable bonds is 3. The number of H-pyrrole nitrogens is 1. The molecule has 7 heteroatoms. The van der Waals surface area contributed by atoms with Crippen molar-refractivity contribution in [3.05, 3.63) is 17.2 Å². The Labute approximate surface area is 104 Å². The SMILES string of the molecule is CNc1nc(C)nc(Sc2n[nH]c(C)n2)c1C. The Bertz CT molecular complexity index is 536. The minimum atomic E-state index is 0.672. The molecule has 6 nitrogen and oxygen atoms in total. The quantitative estimate of drug-likeness (QED) is 0.807. The molecule has 90 valence electrons. The second-order valence-electron chi connectivity index (χ2n) is 3.61. The fourth-order valence-corrected chi connectivity index (χ4v) is 2.27. The summed E-state index contributed by atoms with van der Waals surface area (Å²) in [6, 6.07) is 0. The average Bonchev–Trinajstić information content (AvgIpc) is 2.69. The summed E-state index contributed by atoms with van der Waals surface area (Å²) in [4.78, 5) is 13.0. The molecular weight excluding hydrogens is 236 g/mol. The maximum Gasteiger partial charge on any atom is 0.214 e. The van der Waals surface area contributed by atoms with Gasteiger partial charge < -0.3 is 5.32 Å².